The highest BCUT2D eigenvalue weighted by atomic mass is 16.6. The van der Waals surface area contributed by atoms with E-state index in [1.807, 2.05) is 0 Å². The Morgan fingerprint density at radius 3 is 1.58 bits per heavy atom. The van der Waals surface area contributed by atoms with Crippen LogP contribution in [0.1, 0.15) is 27.7 Å². The van der Waals surface area contributed by atoms with Gasteiger partial charge in [0.15, 0.2) is 0 Å². The molecule has 4 nitrogen and oxygen atoms in total. The van der Waals surface area contributed by atoms with Gasteiger partial charge in [-0.05, 0) is 0 Å². The molecule has 0 fully saturated rings. The molecule has 0 aromatic carbocycles. The lowest BCUT2D eigenvalue weighted by Gasteiger charge is -2.05. The van der Waals surface area contributed by atoms with Crippen molar-refractivity contribution in [1.29, 1.82) is 0 Å². The lowest BCUT2D eigenvalue weighted by Crippen LogP contribution is -2.86. The van der Waals surface area contributed by atoms with Crippen LogP contribution in [0.4, 0.5) is 0 Å². The zero-order chi connectivity index (χ0) is 9.98. The standard InChI is InChI=1S/C8H19N.HNO2/c1-7(2)5-9-6-8(3)4;2-1-3/h7-9H,5-6H2,1-4H3;(H,2,3). The summed E-state index contributed by atoms with van der Waals surface area (Å²) in [7, 11) is 0. The number of hydrogen-bond acceptors (Lipinski definition) is 3. The van der Waals surface area contributed by atoms with Crippen LogP contribution in [0.25, 0.3) is 0 Å². The Labute approximate surface area is 74.3 Å². The molecule has 12 heavy (non-hydrogen) atoms. The highest BCUT2D eigenvalue weighted by molar-refractivity contribution is 4.37. The number of nitrogens with two attached hydrogens (primary N) is 1. The van der Waals surface area contributed by atoms with Crippen molar-refractivity contribution in [2.45, 2.75) is 27.7 Å². The van der Waals surface area contributed by atoms with Gasteiger partial charge in [0.05, 0.1) is 13.1 Å². The molecule has 0 aliphatic carbocycles. The van der Waals surface area contributed by atoms with E-state index in [9.17, 15) is 0 Å². The summed E-state index contributed by atoms with van der Waals surface area (Å²) < 4.78 is 0. The van der Waals surface area contributed by atoms with E-state index in [4.69, 9.17) is 10.1 Å². The van der Waals surface area contributed by atoms with E-state index in [0.29, 0.717) is 0 Å². The minimum absolute atomic E-state index is 0.837. The van der Waals surface area contributed by atoms with Crippen LogP contribution in [0.15, 0.2) is 5.34 Å². The topological polar surface area (TPSA) is 69.1 Å². The molecule has 0 spiro atoms. The summed E-state index contributed by atoms with van der Waals surface area (Å²) in [6, 6.07) is 0. The van der Waals surface area contributed by atoms with Crippen molar-refractivity contribution < 1.29 is 5.32 Å². The minimum atomic E-state index is 0.837. The van der Waals surface area contributed by atoms with E-state index in [1.54, 1.807) is 0 Å². The molecule has 0 atom stereocenters. The zero-order valence-corrected chi connectivity index (χ0v) is 8.41. The maximum absolute atomic E-state index is 8.00. The van der Waals surface area contributed by atoms with Gasteiger partial charge in [0.2, 0.25) is 0 Å². The van der Waals surface area contributed by atoms with Gasteiger partial charge in [-0.1, -0.05) is 27.7 Å². The lowest BCUT2D eigenvalue weighted by molar-refractivity contribution is -0.664. The molecule has 0 bridgehead atoms. The summed E-state index contributed by atoms with van der Waals surface area (Å²) in [5, 5.41) is 11.4. The van der Waals surface area contributed by atoms with E-state index < -0.39 is 0 Å². The minimum Gasteiger partial charge on any atom is -0.444 e. The molecule has 0 saturated heterocycles. The molecule has 0 aliphatic heterocycles. The van der Waals surface area contributed by atoms with Gasteiger partial charge in [0.25, 0.3) is 0 Å². The second kappa shape index (κ2) is 10.4. The van der Waals surface area contributed by atoms with Crippen molar-refractivity contribution in [2.75, 3.05) is 13.1 Å². The summed E-state index contributed by atoms with van der Waals surface area (Å²) in [5.74, 6) is 1.67. The summed E-state index contributed by atoms with van der Waals surface area (Å²) >= 11 is 0. The predicted octanol–water partition coefficient (Wildman–Crippen LogP) is 1.11. The lowest BCUT2D eigenvalue weighted by atomic mass is 10.2. The molecule has 74 valence electrons. The first kappa shape index (κ1) is 13.9. The second-order valence-electron chi connectivity index (χ2n) is 3.62. The van der Waals surface area contributed by atoms with Gasteiger partial charge in [-0.2, -0.15) is 0 Å². The molecule has 0 radical (unpaired) electrons. The van der Waals surface area contributed by atoms with Crippen molar-refractivity contribution in [3.8, 4) is 0 Å². The molecule has 0 aromatic heterocycles. The Bertz CT molecular complexity index is 87.1. The van der Waals surface area contributed by atoms with Crippen LogP contribution in [0.5, 0.6) is 0 Å². The van der Waals surface area contributed by atoms with Crippen molar-refractivity contribution in [3.05, 3.63) is 10.1 Å². The first-order valence-electron chi connectivity index (χ1n) is 4.31. The number of hydrogen-bond donors (Lipinski definition) is 1. The van der Waals surface area contributed by atoms with Gasteiger partial charge in [0.1, 0.15) is 0 Å². The van der Waals surface area contributed by atoms with Crippen molar-refractivity contribution >= 4 is 0 Å². The number of rotatable bonds is 4. The average Bonchev–Trinajstić information content (AvgIpc) is 1.87. The third kappa shape index (κ3) is 22.8. The van der Waals surface area contributed by atoms with Crippen LogP contribution in [0, 0.1) is 22.0 Å². The number of quaternary nitrogens is 1. The van der Waals surface area contributed by atoms with Crippen LogP contribution in [0.2, 0.25) is 0 Å². The molecule has 0 rings (SSSR count). The fourth-order valence-corrected chi connectivity index (χ4v) is 0.763. The molecule has 4 heteroatoms. The van der Waals surface area contributed by atoms with Crippen LogP contribution < -0.4 is 5.32 Å². The first-order chi connectivity index (χ1) is 5.54. The average molecular weight is 176 g/mol. The smallest absolute Gasteiger partial charge is 0.0778 e. The van der Waals surface area contributed by atoms with Crippen LogP contribution in [-0.4, -0.2) is 13.1 Å². The Morgan fingerprint density at radius 2 is 1.42 bits per heavy atom. The fraction of sp³-hybridized carbons (Fsp3) is 1.00. The van der Waals surface area contributed by atoms with Gasteiger partial charge >= 0.3 is 0 Å². The Morgan fingerprint density at radius 1 is 1.17 bits per heavy atom. The maximum atomic E-state index is 8.00. The van der Waals surface area contributed by atoms with Crippen LogP contribution in [-0.2, 0) is 0 Å². The van der Waals surface area contributed by atoms with Crippen LogP contribution >= 0.6 is 0 Å². The fourth-order valence-electron chi connectivity index (χ4n) is 0.763. The first-order valence-corrected chi connectivity index (χ1v) is 4.31. The zero-order valence-electron chi connectivity index (χ0n) is 8.41. The van der Waals surface area contributed by atoms with Gasteiger partial charge in [-0.15, -0.1) is 5.34 Å². The molecule has 0 aliphatic rings. The van der Waals surface area contributed by atoms with Gasteiger partial charge < -0.3 is 15.4 Å². The van der Waals surface area contributed by atoms with E-state index in [0.717, 1.165) is 17.2 Å². The highest BCUT2D eigenvalue weighted by Gasteiger charge is 1.97. The third-order valence-corrected chi connectivity index (χ3v) is 1.28. The SMILES string of the molecule is CC(C)C[NH2+]CC(C)C.O=N[O-]. The molecular weight excluding hydrogens is 156 g/mol. The van der Waals surface area contributed by atoms with E-state index in [1.165, 1.54) is 13.1 Å². The van der Waals surface area contributed by atoms with Crippen molar-refractivity contribution in [3.63, 3.8) is 0 Å². The second-order valence-corrected chi connectivity index (χ2v) is 3.62. The molecule has 0 amide bonds. The Kier molecular flexibility index (Phi) is 12.0. The Hall–Kier alpha value is -0.640. The quantitative estimate of drug-likeness (QED) is 0.515. The summed E-state index contributed by atoms with van der Waals surface area (Å²) in [6.45, 7) is 11.6. The monoisotopic (exact) mass is 176 g/mol. The Balaban J connectivity index is 0. The molecule has 0 unspecified atom stereocenters. The van der Waals surface area contributed by atoms with Gasteiger partial charge in [0, 0.05) is 11.8 Å². The van der Waals surface area contributed by atoms with Gasteiger partial charge in [-0.25, -0.2) is 0 Å². The normalized spacial score (nSPS) is 9.50. The molecule has 2 N–H and O–H groups in total. The van der Waals surface area contributed by atoms with Crippen LogP contribution in [0.3, 0.4) is 0 Å². The molecule has 0 saturated carbocycles. The van der Waals surface area contributed by atoms with Gasteiger partial charge in [-0.3, -0.25) is 0 Å². The van der Waals surface area contributed by atoms with E-state index >= 15 is 0 Å². The summed E-state index contributed by atoms with van der Waals surface area (Å²) in [5.41, 5.74) is 0. The predicted molar refractivity (Wildman–Crippen MR) is 50.5 cm³/mol. The highest BCUT2D eigenvalue weighted by Crippen LogP contribution is 1.85. The molecule has 0 aromatic rings. The largest absolute Gasteiger partial charge is 0.444 e. The van der Waals surface area contributed by atoms with Crippen molar-refractivity contribution in [2.24, 2.45) is 17.2 Å². The third-order valence-electron chi connectivity index (χ3n) is 1.28. The molecular formula is C8H20N2O2. The summed E-state index contributed by atoms with van der Waals surface area (Å²) in [6.07, 6.45) is 0. The van der Waals surface area contributed by atoms with Crippen molar-refractivity contribution in [1.82, 2.24) is 0 Å². The summed E-state index contributed by atoms with van der Waals surface area (Å²) in [4.78, 5) is 8.00. The maximum Gasteiger partial charge on any atom is 0.0778 e. The van der Waals surface area contributed by atoms with E-state index in [-0.39, 0.29) is 0 Å². The molecule has 0 heterocycles. The number of nitrogens with zero attached hydrogens (tertiary/aromatic N) is 1. The van der Waals surface area contributed by atoms with E-state index in [2.05, 4.69) is 33.0 Å².